The topological polar surface area (TPSA) is 23.5 Å². The first-order chi connectivity index (χ1) is 4.13. The van der Waals surface area contributed by atoms with Gasteiger partial charge in [0.1, 0.15) is 0 Å². The number of likely N-dealkylation sites (tertiary alicyclic amines) is 1. The molecule has 0 radical (unpaired) electrons. The summed E-state index contributed by atoms with van der Waals surface area (Å²) in [4.78, 5) is 2.28. The molecule has 0 aromatic heterocycles. The lowest BCUT2D eigenvalue weighted by molar-refractivity contribution is -0.0691. The minimum Gasteiger partial charge on any atom is -0.390 e. The Hall–Kier alpha value is -0.0800. The van der Waals surface area contributed by atoms with Crippen LogP contribution in [0.1, 0.15) is 20.8 Å². The van der Waals surface area contributed by atoms with Crippen molar-refractivity contribution in [2.75, 3.05) is 6.54 Å². The molecular weight excluding hydrogens is 114 g/mol. The number of β-amino-alcohol motifs (C(OH)–C–C–N with tert-alkyl or cyclic N) is 1. The van der Waals surface area contributed by atoms with Crippen LogP contribution in [0.3, 0.4) is 0 Å². The van der Waals surface area contributed by atoms with E-state index in [0.29, 0.717) is 12.1 Å². The van der Waals surface area contributed by atoms with Crippen molar-refractivity contribution in [3.63, 3.8) is 0 Å². The van der Waals surface area contributed by atoms with E-state index in [-0.39, 0.29) is 6.10 Å². The second-order valence-corrected chi connectivity index (χ2v) is 3.10. The number of hydrogen-bond donors (Lipinski definition) is 1. The molecule has 1 N–H and O–H groups in total. The molecule has 0 spiro atoms. The molecule has 0 saturated carbocycles. The number of aliphatic hydroxyl groups excluding tert-OH is 1. The maximum absolute atomic E-state index is 9.09. The van der Waals surface area contributed by atoms with Crippen molar-refractivity contribution in [3.05, 3.63) is 0 Å². The molecule has 1 saturated heterocycles. The molecule has 1 fully saturated rings. The molecular formula is C7H15NO. The van der Waals surface area contributed by atoms with Crippen LogP contribution in [0.15, 0.2) is 0 Å². The minimum absolute atomic E-state index is 0.0765. The average Bonchev–Trinajstić information content (AvgIpc) is 1.81. The zero-order chi connectivity index (χ0) is 7.02. The summed E-state index contributed by atoms with van der Waals surface area (Å²) in [7, 11) is 0. The Kier molecular flexibility index (Phi) is 1.78. The third kappa shape index (κ3) is 1.10. The van der Waals surface area contributed by atoms with Crippen LogP contribution in [0.4, 0.5) is 0 Å². The minimum atomic E-state index is -0.0765. The van der Waals surface area contributed by atoms with Crippen molar-refractivity contribution in [3.8, 4) is 0 Å². The van der Waals surface area contributed by atoms with Crippen LogP contribution < -0.4 is 0 Å². The fourth-order valence-corrected chi connectivity index (χ4v) is 1.30. The van der Waals surface area contributed by atoms with Crippen molar-refractivity contribution >= 4 is 0 Å². The Morgan fingerprint density at radius 1 is 1.56 bits per heavy atom. The van der Waals surface area contributed by atoms with E-state index in [4.69, 9.17) is 5.11 Å². The number of hydrogen-bond acceptors (Lipinski definition) is 2. The quantitative estimate of drug-likeness (QED) is 0.556. The van der Waals surface area contributed by atoms with Crippen LogP contribution >= 0.6 is 0 Å². The average molecular weight is 129 g/mol. The van der Waals surface area contributed by atoms with Gasteiger partial charge in [0.05, 0.1) is 6.10 Å². The molecule has 1 aliphatic heterocycles. The van der Waals surface area contributed by atoms with E-state index >= 15 is 0 Å². The second-order valence-electron chi connectivity index (χ2n) is 3.10. The largest absolute Gasteiger partial charge is 0.390 e. The fourth-order valence-electron chi connectivity index (χ4n) is 1.30. The maximum Gasteiger partial charge on any atom is 0.0819 e. The lowest BCUT2D eigenvalue weighted by Crippen LogP contribution is -2.60. The van der Waals surface area contributed by atoms with E-state index in [9.17, 15) is 0 Å². The summed E-state index contributed by atoms with van der Waals surface area (Å²) in [5.41, 5.74) is 0. The fraction of sp³-hybridized carbons (Fsp3) is 1.00. The smallest absolute Gasteiger partial charge is 0.0819 e. The zero-order valence-corrected chi connectivity index (χ0v) is 6.33. The molecule has 2 heteroatoms. The lowest BCUT2D eigenvalue weighted by Gasteiger charge is -2.46. The lowest BCUT2D eigenvalue weighted by atomic mass is 9.99. The molecule has 0 aromatic rings. The molecule has 1 rings (SSSR count). The molecule has 0 aliphatic carbocycles. The SMILES string of the molecule is CC(C)N1CC(O)C1C. The summed E-state index contributed by atoms with van der Waals surface area (Å²) in [6, 6.07) is 0.966. The van der Waals surface area contributed by atoms with Gasteiger partial charge >= 0.3 is 0 Å². The highest BCUT2D eigenvalue weighted by Crippen LogP contribution is 2.19. The number of aliphatic hydroxyl groups is 1. The summed E-state index contributed by atoms with van der Waals surface area (Å²) >= 11 is 0. The Bertz CT molecular complexity index is 103. The van der Waals surface area contributed by atoms with Gasteiger partial charge in [-0.25, -0.2) is 0 Å². The van der Waals surface area contributed by atoms with Gasteiger partial charge in [-0.1, -0.05) is 0 Å². The predicted octanol–water partition coefficient (Wildman–Crippen LogP) is 0.460. The molecule has 1 heterocycles. The summed E-state index contributed by atoms with van der Waals surface area (Å²) < 4.78 is 0. The van der Waals surface area contributed by atoms with Crippen molar-refractivity contribution < 1.29 is 5.11 Å². The highest BCUT2D eigenvalue weighted by atomic mass is 16.3. The first kappa shape index (κ1) is 7.03. The van der Waals surface area contributed by atoms with Crippen LogP contribution in [0.25, 0.3) is 0 Å². The van der Waals surface area contributed by atoms with Crippen LogP contribution in [0, 0.1) is 0 Å². The third-order valence-corrected chi connectivity index (χ3v) is 2.14. The monoisotopic (exact) mass is 129 g/mol. The van der Waals surface area contributed by atoms with Crippen molar-refractivity contribution in [1.82, 2.24) is 4.90 Å². The van der Waals surface area contributed by atoms with E-state index < -0.39 is 0 Å². The van der Waals surface area contributed by atoms with E-state index in [0.717, 1.165) is 6.54 Å². The molecule has 9 heavy (non-hydrogen) atoms. The third-order valence-electron chi connectivity index (χ3n) is 2.14. The first-order valence-electron chi connectivity index (χ1n) is 3.56. The Morgan fingerprint density at radius 2 is 2.11 bits per heavy atom. The highest BCUT2D eigenvalue weighted by Gasteiger charge is 2.34. The molecule has 0 bridgehead atoms. The van der Waals surface area contributed by atoms with Gasteiger partial charge in [0.25, 0.3) is 0 Å². The van der Waals surface area contributed by atoms with E-state index in [1.54, 1.807) is 0 Å². The van der Waals surface area contributed by atoms with Crippen LogP contribution in [0.2, 0.25) is 0 Å². The first-order valence-corrected chi connectivity index (χ1v) is 3.56. The summed E-state index contributed by atoms with van der Waals surface area (Å²) in [6.45, 7) is 7.23. The normalized spacial score (nSPS) is 37.0. The molecule has 2 unspecified atom stereocenters. The summed E-state index contributed by atoms with van der Waals surface area (Å²) in [6.07, 6.45) is -0.0765. The Morgan fingerprint density at radius 3 is 2.22 bits per heavy atom. The zero-order valence-electron chi connectivity index (χ0n) is 6.33. The molecule has 1 aliphatic rings. The molecule has 0 aromatic carbocycles. The van der Waals surface area contributed by atoms with Gasteiger partial charge in [0.2, 0.25) is 0 Å². The van der Waals surface area contributed by atoms with Crippen molar-refractivity contribution in [1.29, 1.82) is 0 Å². The van der Waals surface area contributed by atoms with Gasteiger partial charge < -0.3 is 5.11 Å². The van der Waals surface area contributed by atoms with Gasteiger partial charge in [-0.2, -0.15) is 0 Å². The number of nitrogens with zero attached hydrogens (tertiary/aromatic N) is 1. The van der Waals surface area contributed by atoms with Crippen LogP contribution in [0.5, 0.6) is 0 Å². The predicted molar refractivity (Wildman–Crippen MR) is 37.3 cm³/mol. The van der Waals surface area contributed by atoms with Gasteiger partial charge in [0, 0.05) is 18.6 Å². The Balaban J connectivity index is 2.33. The van der Waals surface area contributed by atoms with Crippen LogP contribution in [-0.4, -0.2) is 34.7 Å². The maximum atomic E-state index is 9.09. The highest BCUT2D eigenvalue weighted by molar-refractivity contribution is 4.89. The number of rotatable bonds is 1. The van der Waals surface area contributed by atoms with Crippen molar-refractivity contribution in [2.24, 2.45) is 0 Å². The molecule has 2 atom stereocenters. The summed E-state index contributed by atoms with van der Waals surface area (Å²) in [5, 5.41) is 9.09. The van der Waals surface area contributed by atoms with Crippen LogP contribution in [-0.2, 0) is 0 Å². The van der Waals surface area contributed by atoms with E-state index in [1.807, 2.05) is 0 Å². The summed E-state index contributed by atoms with van der Waals surface area (Å²) in [5.74, 6) is 0. The van der Waals surface area contributed by atoms with E-state index in [2.05, 4.69) is 25.7 Å². The second kappa shape index (κ2) is 2.27. The van der Waals surface area contributed by atoms with Gasteiger partial charge in [0.15, 0.2) is 0 Å². The van der Waals surface area contributed by atoms with Crippen molar-refractivity contribution in [2.45, 2.75) is 39.0 Å². The van der Waals surface area contributed by atoms with Gasteiger partial charge in [-0.15, -0.1) is 0 Å². The molecule has 54 valence electrons. The van der Waals surface area contributed by atoms with Gasteiger partial charge in [-0.3, -0.25) is 4.90 Å². The Labute approximate surface area is 56.5 Å². The van der Waals surface area contributed by atoms with E-state index in [1.165, 1.54) is 0 Å². The molecule has 0 amide bonds. The standard InChI is InChI=1S/C7H15NO/c1-5(2)8-4-7(9)6(8)3/h5-7,9H,4H2,1-3H3. The molecule has 2 nitrogen and oxygen atoms in total. The van der Waals surface area contributed by atoms with Gasteiger partial charge in [-0.05, 0) is 20.8 Å².